The first-order chi connectivity index (χ1) is 12.0. The fourth-order valence-electron chi connectivity index (χ4n) is 4.24. The van der Waals surface area contributed by atoms with Gasteiger partial charge in [-0.25, -0.2) is 4.79 Å². The average Bonchev–Trinajstić information content (AvgIpc) is 3.15. The number of nitrogens with zero attached hydrogens (tertiary/aromatic N) is 2. The summed E-state index contributed by atoms with van der Waals surface area (Å²) in [6.07, 6.45) is 3.82. The van der Waals surface area contributed by atoms with E-state index >= 15 is 0 Å². The first kappa shape index (κ1) is 16.6. The van der Waals surface area contributed by atoms with Gasteiger partial charge >= 0.3 is 5.69 Å². The van der Waals surface area contributed by atoms with Gasteiger partial charge in [0.1, 0.15) is 0 Å². The van der Waals surface area contributed by atoms with Crippen molar-refractivity contribution in [2.75, 3.05) is 19.6 Å². The average molecular weight is 360 g/mol. The quantitative estimate of drug-likeness (QED) is 0.890. The fourth-order valence-corrected chi connectivity index (χ4v) is 4.36. The molecule has 0 amide bonds. The molecule has 1 saturated carbocycles. The second kappa shape index (κ2) is 6.15. The number of benzene rings is 1. The molecule has 5 nitrogen and oxygen atoms in total. The number of fused-ring (bicyclic) bond motifs is 1. The Kier molecular flexibility index (Phi) is 4.08. The molecule has 4 rings (SSSR count). The van der Waals surface area contributed by atoms with Crippen LogP contribution in [0, 0.1) is 12.8 Å². The zero-order chi connectivity index (χ0) is 17.6. The van der Waals surface area contributed by atoms with Crippen molar-refractivity contribution in [2.24, 2.45) is 5.92 Å². The summed E-state index contributed by atoms with van der Waals surface area (Å²) in [5.41, 5.74) is 1.67. The molecule has 1 aromatic heterocycles. The van der Waals surface area contributed by atoms with Gasteiger partial charge in [-0.2, -0.15) is 0 Å². The molecule has 2 fully saturated rings. The molecule has 0 bridgehead atoms. The summed E-state index contributed by atoms with van der Waals surface area (Å²) in [4.78, 5) is 28.1. The molecule has 0 radical (unpaired) electrons. The van der Waals surface area contributed by atoms with Gasteiger partial charge in [-0.05, 0) is 49.9 Å². The molecule has 0 spiro atoms. The van der Waals surface area contributed by atoms with Gasteiger partial charge < -0.3 is 9.47 Å². The van der Waals surface area contributed by atoms with Crippen LogP contribution in [-0.2, 0) is 12.0 Å². The predicted octanol–water partition coefficient (Wildman–Crippen LogP) is 2.16. The molecule has 2 atom stereocenters. The van der Waals surface area contributed by atoms with Crippen molar-refractivity contribution < 1.29 is 0 Å². The van der Waals surface area contributed by atoms with Crippen molar-refractivity contribution in [3.05, 3.63) is 67.4 Å². The Morgan fingerprint density at radius 3 is 2.76 bits per heavy atom. The Hall–Kier alpha value is -1.85. The molecule has 2 aromatic rings. The molecule has 0 unspecified atom stereocenters. The fraction of sp³-hybridized carbons (Fsp3) is 0.474. The number of aromatic amines is 1. The van der Waals surface area contributed by atoms with Crippen LogP contribution in [-0.4, -0.2) is 34.1 Å². The smallest absolute Gasteiger partial charge is 0.302 e. The van der Waals surface area contributed by atoms with E-state index in [0.29, 0.717) is 17.5 Å². The lowest BCUT2D eigenvalue weighted by Crippen LogP contribution is -2.32. The van der Waals surface area contributed by atoms with Gasteiger partial charge in [-0.15, -0.1) is 0 Å². The van der Waals surface area contributed by atoms with Crippen molar-refractivity contribution in [2.45, 2.75) is 31.7 Å². The highest BCUT2D eigenvalue weighted by molar-refractivity contribution is 6.30. The number of hydrogen-bond donors (Lipinski definition) is 1. The Bertz CT molecular complexity index is 902. The van der Waals surface area contributed by atoms with Gasteiger partial charge in [0.2, 0.25) is 0 Å². The highest BCUT2D eigenvalue weighted by Crippen LogP contribution is 2.59. The minimum Gasteiger partial charge on any atom is -0.302 e. The Morgan fingerprint density at radius 1 is 1.24 bits per heavy atom. The van der Waals surface area contributed by atoms with Gasteiger partial charge in [-0.1, -0.05) is 23.7 Å². The molecule has 1 saturated heterocycles. The minimum atomic E-state index is -0.322. The molecule has 132 valence electrons. The minimum absolute atomic E-state index is 0.300. The zero-order valence-corrected chi connectivity index (χ0v) is 15.1. The molecule has 2 aliphatic rings. The monoisotopic (exact) mass is 359 g/mol. The van der Waals surface area contributed by atoms with Gasteiger partial charge in [0.15, 0.2) is 0 Å². The van der Waals surface area contributed by atoms with Crippen LogP contribution in [0.25, 0.3) is 0 Å². The van der Waals surface area contributed by atoms with Crippen molar-refractivity contribution in [3.63, 3.8) is 0 Å². The number of aryl methyl sites for hydroxylation is 2. The van der Waals surface area contributed by atoms with Crippen LogP contribution in [0.3, 0.4) is 0 Å². The van der Waals surface area contributed by atoms with E-state index in [1.54, 1.807) is 17.7 Å². The molecular formula is C19H22ClN3O2. The van der Waals surface area contributed by atoms with E-state index in [0.717, 1.165) is 37.0 Å². The Balaban J connectivity index is 1.35. The normalized spacial score (nSPS) is 25.1. The van der Waals surface area contributed by atoms with Crippen molar-refractivity contribution >= 4 is 11.6 Å². The first-order valence-corrected chi connectivity index (χ1v) is 9.14. The van der Waals surface area contributed by atoms with E-state index in [4.69, 9.17) is 11.6 Å². The van der Waals surface area contributed by atoms with Crippen LogP contribution in [0.1, 0.15) is 24.0 Å². The number of halogens is 1. The van der Waals surface area contributed by atoms with Gasteiger partial charge in [-0.3, -0.25) is 9.78 Å². The van der Waals surface area contributed by atoms with E-state index in [1.807, 2.05) is 12.1 Å². The maximum absolute atomic E-state index is 11.8. The molecule has 1 aliphatic carbocycles. The Morgan fingerprint density at radius 2 is 2.00 bits per heavy atom. The third kappa shape index (κ3) is 3.07. The third-order valence-electron chi connectivity index (χ3n) is 5.70. The molecule has 25 heavy (non-hydrogen) atoms. The van der Waals surface area contributed by atoms with Crippen LogP contribution >= 0.6 is 11.6 Å². The number of H-pyrrole nitrogens is 1. The van der Waals surface area contributed by atoms with E-state index in [2.05, 4.69) is 22.0 Å². The van der Waals surface area contributed by atoms with Crippen LogP contribution in [0.15, 0.2) is 40.1 Å². The number of nitrogens with one attached hydrogen (secondary N) is 1. The van der Waals surface area contributed by atoms with E-state index in [9.17, 15) is 9.59 Å². The standard InChI is InChI=1S/C19H22ClN3O2/c1-13-10-23(18(25)21-17(13)24)8-2-7-22-11-15-9-19(15,12-22)14-3-5-16(20)6-4-14/h3-6,10,15H,2,7-9,11-12H2,1H3,(H,21,24,25)/t15-,19+/m1/s1. The number of hydrogen-bond acceptors (Lipinski definition) is 3. The lowest BCUT2D eigenvalue weighted by Gasteiger charge is -2.21. The van der Waals surface area contributed by atoms with Crippen molar-refractivity contribution in [3.8, 4) is 0 Å². The van der Waals surface area contributed by atoms with Crippen LogP contribution in [0.4, 0.5) is 0 Å². The van der Waals surface area contributed by atoms with E-state index in [-0.39, 0.29) is 11.2 Å². The van der Waals surface area contributed by atoms with Crippen molar-refractivity contribution in [1.29, 1.82) is 0 Å². The summed E-state index contributed by atoms with van der Waals surface area (Å²) in [6.45, 7) is 5.53. The summed E-state index contributed by atoms with van der Waals surface area (Å²) in [5.74, 6) is 0.742. The van der Waals surface area contributed by atoms with Crippen LogP contribution in [0.5, 0.6) is 0 Å². The Labute approximate surface area is 151 Å². The maximum Gasteiger partial charge on any atom is 0.328 e. The molecule has 6 heteroatoms. The summed E-state index contributed by atoms with van der Waals surface area (Å²) in [5, 5.41) is 0.786. The lowest BCUT2D eigenvalue weighted by atomic mass is 9.95. The van der Waals surface area contributed by atoms with E-state index in [1.165, 1.54) is 12.0 Å². The second-order valence-corrected chi connectivity index (χ2v) is 7.85. The maximum atomic E-state index is 11.8. The first-order valence-electron chi connectivity index (χ1n) is 8.77. The van der Waals surface area contributed by atoms with E-state index < -0.39 is 0 Å². The van der Waals surface area contributed by atoms with Gasteiger partial charge in [0.25, 0.3) is 5.56 Å². The third-order valence-corrected chi connectivity index (χ3v) is 5.95. The van der Waals surface area contributed by atoms with Gasteiger partial charge in [0, 0.05) is 41.8 Å². The largest absolute Gasteiger partial charge is 0.328 e. The summed E-state index contributed by atoms with van der Waals surface area (Å²) in [7, 11) is 0. The SMILES string of the molecule is Cc1cn(CCCN2C[C@H]3C[C@@]3(c3ccc(Cl)cc3)C2)c(=O)[nH]c1=O. The molecule has 2 heterocycles. The molecule has 1 aliphatic heterocycles. The number of rotatable bonds is 5. The predicted molar refractivity (Wildman–Crippen MR) is 98.4 cm³/mol. The topological polar surface area (TPSA) is 58.1 Å². The van der Waals surface area contributed by atoms with Crippen LogP contribution in [0.2, 0.25) is 5.02 Å². The molecular weight excluding hydrogens is 338 g/mol. The summed E-state index contributed by atoms with van der Waals surface area (Å²) < 4.78 is 1.60. The van der Waals surface area contributed by atoms with Crippen molar-refractivity contribution in [1.82, 2.24) is 14.5 Å². The second-order valence-electron chi connectivity index (χ2n) is 7.42. The number of piperidine rings is 1. The highest BCUT2D eigenvalue weighted by atomic mass is 35.5. The number of likely N-dealkylation sites (tertiary alicyclic amines) is 1. The number of aromatic nitrogens is 2. The van der Waals surface area contributed by atoms with Crippen LogP contribution < -0.4 is 11.2 Å². The molecule has 1 aromatic carbocycles. The summed E-state index contributed by atoms with van der Waals surface area (Å²) in [6, 6.07) is 8.28. The molecule has 1 N–H and O–H groups in total. The zero-order valence-electron chi connectivity index (χ0n) is 14.3. The van der Waals surface area contributed by atoms with Gasteiger partial charge in [0.05, 0.1) is 0 Å². The highest BCUT2D eigenvalue weighted by Gasteiger charge is 2.60. The summed E-state index contributed by atoms with van der Waals surface area (Å²) >= 11 is 6.01. The lowest BCUT2D eigenvalue weighted by molar-refractivity contribution is 0.287.